The number of phenolic OH excluding ortho intramolecular Hbond substituents is 2. The first kappa shape index (κ1) is 20.6. The van der Waals surface area contributed by atoms with E-state index in [9.17, 15) is 10.2 Å². The van der Waals surface area contributed by atoms with Crippen LogP contribution in [0, 0.1) is 0 Å². The Hall–Kier alpha value is -4.30. The van der Waals surface area contributed by atoms with Gasteiger partial charge in [0.2, 0.25) is 0 Å². The third kappa shape index (κ3) is 4.24. The topological polar surface area (TPSA) is 40.5 Å². The third-order valence-corrected chi connectivity index (χ3v) is 6.02. The van der Waals surface area contributed by atoms with Crippen LogP contribution in [0.25, 0.3) is 22.3 Å². The van der Waals surface area contributed by atoms with E-state index in [2.05, 4.69) is 24.3 Å². The van der Waals surface area contributed by atoms with Crippen LogP contribution in [0.5, 0.6) is 11.5 Å². The molecule has 2 nitrogen and oxygen atoms in total. The van der Waals surface area contributed by atoms with Crippen molar-refractivity contribution in [3.05, 3.63) is 144 Å². The Balaban J connectivity index is 1.71. The summed E-state index contributed by atoms with van der Waals surface area (Å²) in [5.74, 6) is 0.0691. The lowest BCUT2D eigenvalue weighted by Gasteiger charge is -2.22. The van der Waals surface area contributed by atoms with Gasteiger partial charge in [-0.05, 0) is 52.1 Å². The molecule has 0 radical (unpaired) electrons. The van der Waals surface area contributed by atoms with Gasteiger partial charge in [0.25, 0.3) is 0 Å². The lowest BCUT2D eigenvalue weighted by atomic mass is 9.82. The SMILES string of the molecule is Oc1ccc(-c2ccccc2)cc1C(c1ccccc1)c1cc(-c2ccccc2)ccc1O. The number of phenols is 2. The number of hydrogen-bond acceptors (Lipinski definition) is 2. The zero-order chi connectivity index (χ0) is 22.6. The minimum absolute atomic E-state index is 0.202. The van der Waals surface area contributed by atoms with Gasteiger partial charge in [-0.3, -0.25) is 0 Å². The van der Waals surface area contributed by atoms with Crippen LogP contribution in [-0.2, 0) is 0 Å². The Morgan fingerprint density at radius 1 is 0.394 bits per heavy atom. The van der Waals surface area contributed by atoms with E-state index in [1.54, 1.807) is 12.1 Å². The van der Waals surface area contributed by atoms with Gasteiger partial charge in [0.15, 0.2) is 0 Å². The van der Waals surface area contributed by atoms with E-state index in [1.165, 1.54) is 0 Å². The first-order valence-corrected chi connectivity index (χ1v) is 11.0. The average molecular weight is 429 g/mol. The lowest BCUT2D eigenvalue weighted by molar-refractivity contribution is 0.459. The predicted octanol–water partition coefficient (Wildman–Crippen LogP) is 7.61. The highest BCUT2D eigenvalue weighted by Gasteiger charge is 2.24. The molecule has 0 aliphatic heterocycles. The minimum Gasteiger partial charge on any atom is -0.508 e. The average Bonchev–Trinajstić information content (AvgIpc) is 2.88. The zero-order valence-corrected chi connectivity index (χ0v) is 18.1. The van der Waals surface area contributed by atoms with Crippen molar-refractivity contribution in [3.8, 4) is 33.8 Å². The van der Waals surface area contributed by atoms with Gasteiger partial charge in [-0.2, -0.15) is 0 Å². The van der Waals surface area contributed by atoms with Gasteiger partial charge >= 0.3 is 0 Å². The minimum atomic E-state index is -0.335. The summed E-state index contributed by atoms with van der Waals surface area (Å²) < 4.78 is 0. The maximum absolute atomic E-state index is 11.0. The Labute approximate surface area is 194 Å². The Bertz CT molecular complexity index is 1270. The molecule has 33 heavy (non-hydrogen) atoms. The van der Waals surface area contributed by atoms with Crippen molar-refractivity contribution in [1.29, 1.82) is 0 Å². The summed E-state index contributed by atoms with van der Waals surface area (Å²) in [5.41, 5.74) is 6.69. The molecule has 0 saturated heterocycles. The molecule has 0 amide bonds. The highest BCUT2D eigenvalue weighted by molar-refractivity contribution is 5.70. The van der Waals surface area contributed by atoms with Crippen molar-refractivity contribution in [2.24, 2.45) is 0 Å². The Morgan fingerprint density at radius 3 is 1.21 bits per heavy atom. The van der Waals surface area contributed by atoms with Crippen LogP contribution >= 0.6 is 0 Å². The summed E-state index contributed by atoms with van der Waals surface area (Å²) in [6.07, 6.45) is 0. The summed E-state index contributed by atoms with van der Waals surface area (Å²) in [4.78, 5) is 0. The van der Waals surface area contributed by atoms with Gasteiger partial charge < -0.3 is 10.2 Å². The van der Waals surface area contributed by atoms with Gasteiger partial charge in [-0.15, -0.1) is 0 Å². The van der Waals surface area contributed by atoms with Crippen molar-refractivity contribution in [2.45, 2.75) is 5.92 Å². The van der Waals surface area contributed by atoms with Crippen LogP contribution in [-0.4, -0.2) is 10.2 Å². The molecule has 0 atom stereocenters. The molecule has 5 aromatic carbocycles. The Morgan fingerprint density at radius 2 is 0.788 bits per heavy atom. The van der Waals surface area contributed by atoms with Gasteiger partial charge in [-0.1, -0.05) is 103 Å². The molecule has 5 aromatic rings. The number of benzene rings is 5. The molecule has 0 heterocycles. The van der Waals surface area contributed by atoms with E-state index in [4.69, 9.17) is 0 Å². The monoisotopic (exact) mass is 428 g/mol. The molecule has 2 heteroatoms. The standard InChI is InChI=1S/C31H24O2/c32-29-18-16-25(22-10-4-1-5-11-22)20-27(29)31(24-14-8-3-9-15-24)28-21-26(17-19-30(28)33)23-12-6-2-7-13-23/h1-21,31-33H. The first-order chi connectivity index (χ1) is 16.2. The third-order valence-electron chi connectivity index (χ3n) is 6.02. The quantitative estimate of drug-likeness (QED) is 0.283. The highest BCUT2D eigenvalue weighted by atomic mass is 16.3. The molecule has 2 N–H and O–H groups in total. The molecular weight excluding hydrogens is 404 g/mol. The lowest BCUT2D eigenvalue weighted by Crippen LogP contribution is -2.05. The van der Waals surface area contributed by atoms with Crippen molar-refractivity contribution < 1.29 is 10.2 Å². The van der Waals surface area contributed by atoms with Crippen LogP contribution in [0.15, 0.2) is 127 Å². The van der Waals surface area contributed by atoms with E-state index in [0.717, 1.165) is 38.9 Å². The molecule has 0 bridgehead atoms. The second-order valence-corrected chi connectivity index (χ2v) is 8.12. The molecular formula is C31H24O2. The molecule has 0 fully saturated rings. The maximum Gasteiger partial charge on any atom is 0.119 e. The second kappa shape index (κ2) is 9.05. The number of hydrogen-bond donors (Lipinski definition) is 2. The summed E-state index contributed by atoms with van der Waals surface area (Å²) in [7, 11) is 0. The largest absolute Gasteiger partial charge is 0.508 e. The van der Waals surface area contributed by atoms with E-state index in [1.807, 2.05) is 91.0 Å². The van der Waals surface area contributed by atoms with E-state index in [0.29, 0.717) is 0 Å². The predicted molar refractivity (Wildman–Crippen MR) is 134 cm³/mol. The van der Waals surface area contributed by atoms with Crippen molar-refractivity contribution in [2.75, 3.05) is 0 Å². The van der Waals surface area contributed by atoms with Gasteiger partial charge in [0.1, 0.15) is 11.5 Å². The summed E-state index contributed by atoms with van der Waals surface area (Å²) in [6.45, 7) is 0. The second-order valence-electron chi connectivity index (χ2n) is 8.12. The van der Waals surface area contributed by atoms with E-state index < -0.39 is 0 Å². The molecule has 5 rings (SSSR count). The summed E-state index contributed by atoms with van der Waals surface area (Å²) >= 11 is 0. The molecule has 0 spiro atoms. The van der Waals surface area contributed by atoms with Crippen LogP contribution in [0.1, 0.15) is 22.6 Å². The number of aromatic hydroxyl groups is 2. The van der Waals surface area contributed by atoms with Gasteiger partial charge in [0.05, 0.1) is 0 Å². The van der Waals surface area contributed by atoms with Crippen molar-refractivity contribution >= 4 is 0 Å². The van der Waals surface area contributed by atoms with Crippen LogP contribution < -0.4 is 0 Å². The summed E-state index contributed by atoms with van der Waals surface area (Å²) in [5, 5.41) is 21.9. The van der Waals surface area contributed by atoms with E-state index in [-0.39, 0.29) is 17.4 Å². The molecule has 0 unspecified atom stereocenters. The van der Waals surface area contributed by atoms with Crippen LogP contribution in [0.4, 0.5) is 0 Å². The first-order valence-electron chi connectivity index (χ1n) is 11.0. The molecule has 160 valence electrons. The fraction of sp³-hybridized carbons (Fsp3) is 0.0323. The Kier molecular flexibility index (Phi) is 5.65. The number of rotatable bonds is 5. The van der Waals surface area contributed by atoms with Crippen LogP contribution in [0.2, 0.25) is 0 Å². The van der Waals surface area contributed by atoms with Crippen LogP contribution in [0.3, 0.4) is 0 Å². The van der Waals surface area contributed by atoms with Gasteiger partial charge in [-0.25, -0.2) is 0 Å². The van der Waals surface area contributed by atoms with Crippen molar-refractivity contribution in [3.63, 3.8) is 0 Å². The molecule has 0 saturated carbocycles. The van der Waals surface area contributed by atoms with E-state index >= 15 is 0 Å². The maximum atomic E-state index is 11.0. The van der Waals surface area contributed by atoms with Crippen molar-refractivity contribution in [1.82, 2.24) is 0 Å². The fourth-order valence-corrected chi connectivity index (χ4v) is 4.36. The molecule has 0 aromatic heterocycles. The zero-order valence-electron chi connectivity index (χ0n) is 18.1. The normalized spacial score (nSPS) is 10.9. The fourth-order valence-electron chi connectivity index (χ4n) is 4.36. The molecule has 0 aliphatic rings. The summed E-state index contributed by atoms with van der Waals surface area (Å²) in [6, 6.07) is 41.6. The smallest absolute Gasteiger partial charge is 0.119 e. The molecule has 0 aliphatic carbocycles. The van der Waals surface area contributed by atoms with Gasteiger partial charge in [0, 0.05) is 17.0 Å². The highest BCUT2D eigenvalue weighted by Crippen LogP contribution is 2.43.